The molecule has 0 nitrogen and oxygen atoms in total. The molecule has 2 heteroatoms. The van der Waals surface area contributed by atoms with Crippen molar-refractivity contribution < 1.29 is 0 Å². The van der Waals surface area contributed by atoms with Crippen LogP contribution >= 0.6 is 7.92 Å². The number of hydrogen-bond donors (Lipinski definition) is 0. The van der Waals surface area contributed by atoms with Gasteiger partial charge in [0.2, 0.25) is 0 Å². The Morgan fingerprint density at radius 2 is 1.32 bits per heavy atom. The molecule has 0 saturated carbocycles. The van der Waals surface area contributed by atoms with Crippen LogP contribution < -0.4 is 10.6 Å². The van der Waals surface area contributed by atoms with Gasteiger partial charge in [-0.05, 0) is 53.9 Å². The highest BCUT2D eigenvalue weighted by Gasteiger charge is 2.34. The predicted octanol–water partition coefficient (Wildman–Crippen LogP) is 6.93. The van der Waals surface area contributed by atoms with Gasteiger partial charge in [-0.3, -0.25) is 0 Å². The van der Waals surface area contributed by atoms with Gasteiger partial charge >= 0.3 is 0 Å². The summed E-state index contributed by atoms with van der Waals surface area (Å²) < 4.78 is 0. The van der Waals surface area contributed by atoms with Crippen LogP contribution in [-0.2, 0) is 0 Å². The van der Waals surface area contributed by atoms with E-state index >= 15 is 0 Å². The van der Waals surface area contributed by atoms with Gasteiger partial charge in [0.15, 0.2) is 0 Å². The van der Waals surface area contributed by atoms with Crippen molar-refractivity contribution in [2.45, 2.75) is 32.4 Å². The van der Waals surface area contributed by atoms with Crippen molar-refractivity contribution in [3.8, 4) is 0 Å². The van der Waals surface area contributed by atoms with Crippen LogP contribution in [0.2, 0.25) is 13.1 Å². The molecule has 0 saturated heterocycles. The summed E-state index contributed by atoms with van der Waals surface area (Å²) in [6.45, 7) is 7.28. The largest absolute Gasteiger partial charge is 0.0799 e. The summed E-state index contributed by atoms with van der Waals surface area (Å²) in [5, 5.41) is 6.21. The van der Waals surface area contributed by atoms with Crippen LogP contribution in [0.4, 0.5) is 0 Å². The predicted molar refractivity (Wildman–Crippen MR) is 141 cm³/mol. The number of fused-ring (bicyclic) bond motifs is 1. The molecule has 154 valence electrons. The van der Waals surface area contributed by atoms with Gasteiger partial charge in [-0.2, -0.15) is 0 Å². The molecule has 0 spiro atoms. The smallest absolute Gasteiger partial charge is 0.0600 e. The first-order valence-electron chi connectivity index (χ1n) is 11.2. The van der Waals surface area contributed by atoms with Crippen LogP contribution in [0.5, 0.6) is 0 Å². The SMILES string of the molecule is CC1=Cc2ccccc2[C@@H]1C1=C(P(c2ccccc2)c2ccccc2)C=C([SiH](C)C)C1. The Kier molecular flexibility index (Phi) is 5.65. The second-order valence-electron chi connectivity index (χ2n) is 8.92. The molecular formula is C29H29PSi. The maximum Gasteiger partial charge on any atom is 0.0600 e. The summed E-state index contributed by atoms with van der Waals surface area (Å²) in [6, 6.07) is 31.3. The minimum atomic E-state index is -0.868. The Bertz CT molecular complexity index is 1150. The third kappa shape index (κ3) is 3.82. The van der Waals surface area contributed by atoms with E-state index < -0.39 is 16.7 Å². The minimum absolute atomic E-state index is 0.421. The summed E-state index contributed by atoms with van der Waals surface area (Å²) >= 11 is 0. The quantitative estimate of drug-likeness (QED) is 0.300. The average molecular weight is 437 g/mol. The van der Waals surface area contributed by atoms with Crippen molar-refractivity contribution >= 4 is 33.4 Å². The van der Waals surface area contributed by atoms with Gasteiger partial charge in [-0.1, -0.05) is 121 Å². The normalized spacial score (nSPS) is 17.9. The maximum absolute atomic E-state index is 2.62. The van der Waals surface area contributed by atoms with Gasteiger partial charge in [0, 0.05) is 5.92 Å². The second kappa shape index (κ2) is 8.58. The third-order valence-electron chi connectivity index (χ3n) is 6.55. The zero-order chi connectivity index (χ0) is 21.4. The fraction of sp³-hybridized carbons (Fsp3) is 0.172. The van der Waals surface area contributed by atoms with E-state index in [2.05, 4.69) is 117 Å². The van der Waals surface area contributed by atoms with E-state index in [1.165, 1.54) is 27.3 Å². The molecule has 0 radical (unpaired) electrons. The monoisotopic (exact) mass is 436 g/mol. The summed E-state index contributed by atoms with van der Waals surface area (Å²) in [5.41, 5.74) is 6.03. The lowest BCUT2D eigenvalue weighted by atomic mass is 9.88. The van der Waals surface area contributed by atoms with Crippen molar-refractivity contribution in [2.75, 3.05) is 0 Å². The summed E-state index contributed by atoms with van der Waals surface area (Å²) in [4.78, 5) is 0. The number of hydrogen-bond acceptors (Lipinski definition) is 0. The molecule has 0 unspecified atom stereocenters. The molecule has 0 fully saturated rings. The van der Waals surface area contributed by atoms with E-state index in [1.54, 1.807) is 16.1 Å². The Labute approximate surface area is 189 Å². The lowest BCUT2D eigenvalue weighted by molar-refractivity contribution is 0.911. The van der Waals surface area contributed by atoms with E-state index in [9.17, 15) is 0 Å². The molecule has 3 aromatic rings. The van der Waals surface area contributed by atoms with Gasteiger partial charge in [0.1, 0.15) is 0 Å². The molecule has 2 aliphatic carbocycles. The van der Waals surface area contributed by atoms with Crippen LogP contribution in [0.1, 0.15) is 30.4 Å². The number of rotatable bonds is 5. The molecule has 1 atom stereocenters. The Hall–Kier alpha value is -2.47. The molecule has 0 bridgehead atoms. The fourth-order valence-corrected chi connectivity index (χ4v) is 8.84. The van der Waals surface area contributed by atoms with Gasteiger partial charge in [-0.25, -0.2) is 0 Å². The van der Waals surface area contributed by atoms with Crippen LogP contribution in [0.3, 0.4) is 0 Å². The molecule has 0 N–H and O–H groups in total. The van der Waals surface area contributed by atoms with E-state index in [0.717, 1.165) is 6.42 Å². The number of benzene rings is 3. The lowest BCUT2D eigenvalue weighted by Crippen LogP contribution is -2.14. The molecule has 5 rings (SSSR count). The van der Waals surface area contributed by atoms with Crippen LogP contribution in [0.15, 0.2) is 113 Å². The second-order valence-corrected chi connectivity index (χ2v) is 14.2. The Morgan fingerprint density at radius 3 is 1.94 bits per heavy atom. The molecule has 0 amide bonds. The molecule has 2 aliphatic rings. The molecule has 3 aromatic carbocycles. The highest BCUT2D eigenvalue weighted by atomic mass is 31.1. The first-order valence-corrected chi connectivity index (χ1v) is 15.5. The highest BCUT2D eigenvalue weighted by Crippen LogP contribution is 2.55. The van der Waals surface area contributed by atoms with Crippen molar-refractivity contribution in [3.63, 3.8) is 0 Å². The summed E-state index contributed by atoms with van der Waals surface area (Å²) in [5.74, 6) is 0.421. The maximum atomic E-state index is 2.62. The van der Waals surface area contributed by atoms with Crippen molar-refractivity contribution in [3.05, 3.63) is 124 Å². The van der Waals surface area contributed by atoms with E-state index in [4.69, 9.17) is 0 Å². The van der Waals surface area contributed by atoms with E-state index in [-0.39, 0.29) is 0 Å². The Morgan fingerprint density at radius 1 is 0.742 bits per heavy atom. The van der Waals surface area contributed by atoms with Gasteiger partial charge in [0.05, 0.1) is 8.80 Å². The fourth-order valence-electron chi connectivity index (χ4n) is 4.98. The number of allylic oxidation sites excluding steroid dienone is 5. The van der Waals surface area contributed by atoms with Crippen molar-refractivity contribution in [1.29, 1.82) is 0 Å². The Balaban J connectivity index is 1.72. The summed E-state index contributed by atoms with van der Waals surface area (Å²) in [6.07, 6.45) is 6.18. The molecular weight excluding hydrogens is 407 g/mol. The molecule has 0 heterocycles. The van der Waals surface area contributed by atoms with Gasteiger partial charge in [0.25, 0.3) is 0 Å². The van der Waals surface area contributed by atoms with Crippen LogP contribution in [0, 0.1) is 0 Å². The van der Waals surface area contributed by atoms with E-state index in [0.29, 0.717) is 5.92 Å². The summed E-state index contributed by atoms with van der Waals surface area (Å²) in [7, 11) is -1.44. The average Bonchev–Trinajstić information content (AvgIpc) is 3.36. The van der Waals surface area contributed by atoms with Crippen LogP contribution in [-0.4, -0.2) is 8.80 Å². The lowest BCUT2D eigenvalue weighted by Gasteiger charge is -2.25. The van der Waals surface area contributed by atoms with Crippen LogP contribution in [0.25, 0.3) is 6.08 Å². The highest BCUT2D eigenvalue weighted by molar-refractivity contribution is 7.77. The van der Waals surface area contributed by atoms with E-state index in [1.807, 2.05) is 0 Å². The third-order valence-corrected chi connectivity index (χ3v) is 10.9. The van der Waals surface area contributed by atoms with Gasteiger partial charge < -0.3 is 0 Å². The first-order chi connectivity index (χ1) is 15.1. The van der Waals surface area contributed by atoms with Crippen molar-refractivity contribution in [1.82, 2.24) is 0 Å². The minimum Gasteiger partial charge on any atom is -0.0799 e. The topological polar surface area (TPSA) is 0 Å². The molecule has 0 aliphatic heterocycles. The standard InChI is InChI=1S/C29H29PSi/c1-21-18-22-12-10-11-17-26(22)29(21)27-19-25(31(2)3)20-28(27)30(23-13-6-4-7-14-23)24-15-8-5-9-16-24/h4-18,20,29,31H,19H2,1-3H3/t29-/m1/s1. The van der Waals surface area contributed by atoms with Crippen molar-refractivity contribution in [2.24, 2.45) is 0 Å². The molecule has 31 heavy (non-hydrogen) atoms. The zero-order valence-corrected chi connectivity index (χ0v) is 20.6. The molecule has 0 aromatic heterocycles. The first kappa shape index (κ1) is 20.4. The zero-order valence-electron chi connectivity index (χ0n) is 18.5. The van der Waals surface area contributed by atoms with Gasteiger partial charge in [-0.15, -0.1) is 0 Å².